The maximum Gasteiger partial charge on any atom is 0.244 e. The van der Waals surface area contributed by atoms with Crippen LogP contribution < -0.4 is 5.32 Å². The molecule has 0 spiro atoms. The molecule has 30 heavy (non-hydrogen) atoms. The maximum absolute atomic E-state index is 13.5. The third kappa shape index (κ3) is 4.30. The molecule has 1 N–H and O–H groups in total. The van der Waals surface area contributed by atoms with Crippen molar-refractivity contribution in [3.8, 4) is 0 Å². The third-order valence-corrected chi connectivity index (χ3v) is 7.24. The number of carbonyl (C=O) groups excluding carboxylic acids is 1. The van der Waals surface area contributed by atoms with Crippen LogP contribution in [0.2, 0.25) is 5.02 Å². The van der Waals surface area contributed by atoms with Crippen LogP contribution in [0.4, 0.5) is 0 Å². The Morgan fingerprint density at radius 1 is 1.13 bits per heavy atom. The molecule has 1 aromatic carbocycles. The molecule has 1 amide bonds. The number of hydrogen-bond donors (Lipinski definition) is 1. The van der Waals surface area contributed by atoms with Gasteiger partial charge in [0.05, 0.1) is 4.90 Å². The van der Waals surface area contributed by atoms with E-state index in [1.165, 1.54) is 28.6 Å². The lowest BCUT2D eigenvalue weighted by atomic mass is 10.1. The van der Waals surface area contributed by atoms with E-state index in [-0.39, 0.29) is 17.3 Å². The Hall–Kier alpha value is -2.55. The zero-order valence-electron chi connectivity index (χ0n) is 16.2. The van der Waals surface area contributed by atoms with Crippen LogP contribution in [0.5, 0.6) is 0 Å². The molecule has 156 valence electrons. The van der Waals surface area contributed by atoms with Crippen LogP contribution in [-0.4, -0.2) is 41.2 Å². The zero-order chi connectivity index (χ0) is 21.1. The van der Waals surface area contributed by atoms with E-state index in [2.05, 4.69) is 15.3 Å². The quantitative estimate of drug-likeness (QED) is 0.652. The van der Waals surface area contributed by atoms with Gasteiger partial charge in [0.2, 0.25) is 15.9 Å². The third-order valence-electron chi connectivity index (χ3n) is 5.12. The molecule has 0 unspecified atom stereocenters. The number of aromatic nitrogens is 2. The minimum atomic E-state index is -3.95. The molecule has 3 heterocycles. The Morgan fingerprint density at radius 2 is 1.93 bits per heavy atom. The summed E-state index contributed by atoms with van der Waals surface area (Å²) in [5.41, 5.74) is 1.27. The Labute approximate surface area is 180 Å². The highest BCUT2D eigenvalue weighted by Gasteiger charge is 2.36. The highest BCUT2D eigenvalue weighted by Crippen LogP contribution is 2.26. The van der Waals surface area contributed by atoms with Crippen LogP contribution in [0, 0.1) is 0 Å². The summed E-state index contributed by atoms with van der Waals surface area (Å²) in [5.74, 6) is -0.277. The second-order valence-corrected chi connectivity index (χ2v) is 9.53. The standard InChI is InChI=1S/C21H21ClN4O3S/c22-17-6-8-18(9-7-17)30(28,29)26(19-5-1-2-10-24-21(19)27)14-15-12-16-4-3-11-23-20(16)25-13-15/h3-4,6-9,11-13,19H,1-2,5,10,14H2,(H,24,27)/t19-/m1/s1. The van der Waals surface area contributed by atoms with Crippen molar-refractivity contribution in [3.63, 3.8) is 0 Å². The fourth-order valence-electron chi connectivity index (χ4n) is 3.58. The molecule has 4 rings (SSSR count). The van der Waals surface area contributed by atoms with Crippen LogP contribution >= 0.6 is 11.6 Å². The number of carbonyl (C=O) groups is 1. The van der Waals surface area contributed by atoms with Crippen molar-refractivity contribution in [2.45, 2.75) is 36.7 Å². The van der Waals surface area contributed by atoms with Crippen LogP contribution in [0.25, 0.3) is 11.0 Å². The van der Waals surface area contributed by atoms with Crippen LogP contribution in [0.1, 0.15) is 24.8 Å². The first-order valence-electron chi connectivity index (χ1n) is 9.70. The summed E-state index contributed by atoms with van der Waals surface area (Å²) < 4.78 is 28.4. The van der Waals surface area contributed by atoms with Crippen molar-refractivity contribution < 1.29 is 13.2 Å². The molecule has 1 saturated heterocycles. The number of sulfonamides is 1. The lowest BCUT2D eigenvalue weighted by Crippen LogP contribution is -2.48. The number of nitrogens with zero attached hydrogens (tertiary/aromatic N) is 3. The SMILES string of the molecule is O=C1NCCCC[C@H]1N(Cc1cnc2ncccc2c1)S(=O)(=O)c1ccc(Cl)cc1. The normalized spacial score (nSPS) is 17.7. The molecule has 1 fully saturated rings. The van der Waals surface area contributed by atoms with Crippen molar-refractivity contribution >= 4 is 38.6 Å². The van der Waals surface area contributed by atoms with Gasteiger partial charge in [-0.05, 0) is 67.3 Å². The first-order valence-corrected chi connectivity index (χ1v) is 11.5. The van der Waals surface area contributed by atoms with Gasteiger partial charge in [-0.25, -0.2) is 18.4 Å². The van der Waals surface area contributed by atoms with Gasteiger partial charge in [-0.15, -0.1) is 0 Å². The zero-order valence-corrected chi connectivity index (χ0v) is 17.7. The Bertz CT molecular complexity index is 1170. The number of benzene rings is 1. The first-order chi connectivity index (χ1) is 14.4. The summed E-state index contributed by atoms with van der Waals surface area (Å²) in [4.78, 5) is 21.4. The number of fused-ring (bicyclic) bond motifs is 1. The number of pyridine rings is 2. The van der Waals surface area contributed by atoms with Gasteiger partial charge in [0.15, 0.2) is 5.65 Å². The van der Waals surface area contributed by atoms with Gasteiger partial charge in [-0.1, -0.05) is 11.6 Å². The molecule has 0 radical (unpaired) electrons. The van der Waals surface area contributed by atoms with Gasteiger partial charge in [0.25, 0.3) is 0 Å². The molecule has 2 aromatic heterocycles. The lowest BCUT2D eigenvalue weighted by molar-refractivity contribution is -0.124. The monoisotopic (exact) mass is 444 g/mol. The predicted molar refractivity (Wildman–Crippen MR) is 114 cm³/mol. The van der Waals surface area contributed by atoms with Gasteiger partial charge in [-0.3, -0.25) is 4.79 Å². The topological polar surface area (TPSA) is 92.3 Å². The van der Waals surface area contributed by atoms with Crippen LogP contribution in [0.15, 0.2) is 59.8 Å². The lowest BCUT2D eigenvalue weighted by Gasteiger charge is -2.29. The second-order valence-electron chi connectivity index (χ2n) is 7.20. The fraction of sp³-hybridized carbons (Fsp3) is 0.286. The molecule has 0 bridgehead atoms. The summed E-state index contributed by atoms with van der Waals surface area (Å²) in [6.45, 7) is 0.578. The van der Waals surface area contributed by atoms with E-state index in [1.54, 1.807) is 18.5 Å². The first kappa shape index (κ1) is 20.7. The molecular weight excluding hydrogens is 424 g/mol. The van der Waals surface area contributed by atoms with E-state index in [0.29, 0.717) is 29.2 Å². The van der Waals surface area contributed by atoms with E-state index in [1.807, 2.05) is 12.1 Å². The van der Waals surface area contributed by atoms with Crippen molar-refractivity contribution in [1.29, 1.82) is 0 Å². The fourth-order valence-corrected chi connectivity index (χ4v) is 5.31. The molecule has 0 aliphatic carbocycles. The van der Waals surface area contributed by atoms with Crippen LogP contribution in [0.3, 0.4) is 0 Å². The van der Waals surface area contributed by atoms with Crippen molar-refractivity contribution in [2.75, 3.05) is 6.54 Å². The van der Waals surface area contributed by atoms with Crippen molar-refractivity contribution in [3.05, 3.63) is 65.4 Å². The molecule has 9 heteroatoms. The molecule has 7 nitrogen and oxygen atoms in total. The van der Waals surface area contributed by atoms with Gasteiger partial charge in [0, 0.05) is 35.9 Å². The summed E-state index contributed by atoms with van der Waals surface area (Å²) in [5, 5.41) is 4.08. The predicted octanol–water partition coefficient (Wildman–Crippen LogP) is 3.14. The van der Waals surface area contributed by atoms with Gasteiger partial charge in [0.1, 0.15) is 6.04 Å². The molecule has 1 aliphatic heterocycles. The summed E-state index contributed by atoms with van der Waals surface area (Å²) in [6.07, 6.45) is 5.30. The number of halogens is 1. The summed E-state index contributed by atoms with van der Waals surface area (Å²) in [6, 6.07) is 10.7. The summed E-state index contributed by atoms with van der Waals surface area (Å²) in [7, 11) is -3.95. The number of nitrogens with one attached hydrogen (secondary N) is 1. The highest BCUT2D eigenvalue weighted by atomic mass is 35.5. The van der Waals surface area contributed by atoms with E-state index in [4.69, 9.17) is 11.6 Å². The number of amides is 1. The van der Waals surface area contributed by atoms with Gasteiger partial charge in [-0.2, -0.15) is 4.31 Å². The van der Waals surface area contributed by atoms with Gasteiger partial charge < -0.3 is 5.32 Å². The molecule has 1 atom stereocenters. The highest BCUT2D eigenvalue weighted by molar-refractivity contribution is 7.89. The van der Waals surface area contributed by atoms with Gasteiger partial charge >= 0.3 is 0 Å². The minimum Gasteiger partial charge on any atom is -0.355 e. The van der Waals surface area contributed by atoms with Crippen molar-refractivity contribution in [1.82, 2.24) is 19.6 Å². The Balaban J connectivity index is 1.75. The van der Waals surface area contributed by atoms with Crippen LogP contribution in [-0.2, 0) is 21.4 Å². The number of rotatable bonds is 5. The molecular formula is C21H21ClN4O3S. The van der Waals surface area contributed by atoms with E-state index < -0.39 is 16.1 Å². The maximum atomic E-state index is 13.5. The summed E-state index contributed by atoms with van der Waals surface area (Å²) >= 11 is 5.93. The second kappa shape index (κ2) is 8.67. The van der Waals surface area contributed by atoms with E-state index in [0.717, 1.165) is 18.2 Å². The average molecular weight is 445 g/mol. The Kier molecular flexibility index (Phi) is 5.99. The Morgan fingerprint density at radius 3 is 2.73 bits per heavy atom. The molecule has 0 saturated carbocycles. The smallest absolute Gasteiger partial charge is 0.244 e. The average Bonchev–Trinajstić information content (AvgIpc) is 2.96. The largest absolute Gasteiger partial charge is 0.355 e. The number of hydrogen-bond acceptors (Lipinski definition) is 5. The van der Waals surface area contributed by atoms with E-state index >= 15 is 0 Å². The van der Waals surface area contributed by atoms with E-state index in [9.17, 15) is 13.2 Å². The molecule has 1 aliphatic rings. The molecule has 3 aromatic rings. The van der Waals surface area contributed by atoms with Crippen molar-refractivity contribution in [2.24, 2.45) is 0 Å². The minimum absolute atomic E-state index is 0.0287.